The normalized spacial score (nSPS) is 11.2. The number of Topliss-reactive ketones (excluding diaryl/α,β-unsaturated/α-hetero) is 1. The van der Waals surface area contributed by atoms with Crippen LogP contribution in [-0.4, -0.2) is 14.9 Å². The summed E-state index contributed by atoms with van der Waals surface area (Å²) < 4.78 is 2.07. The molecule has 6 nitrogen and oxygen atoms in total. The number of carbonyl (C=O) groups is 1. The van der Waals surface area contributed by atoms with E-state index in [4.69, 9.17) is 5.26 Å². The average molecular weight is 339 g/mol. The quantitative estimate of drug-likeness (QED) is 0.798. The van der Waals surface area contributed by atoms with Gasteiger partial charge in [0, 0.05) is 18.3 Å². The van der Waals surface area contributed by atoms with Gasteiger partial charge >= 0.3 is 5.69 Å². The summed E-state index contributed by atoms with van der Waals surface area (Å²) in [5.41, 5.74) is -0.0137. The SMILES string of the molecule is CCn1cc(C#N)c(=O)n(CC(=O)c2ccc(C(C)(C)C)cc2)c1=O. The van der Waals surface area contributed by atoms with E-state index in [1.165, 1.54) is 10.8 Å². The van der Waals surface area contributed by atoms with Gasteiger partial charge in [-0.1, -0.05) is 45.0 Å². The second-order valence-corrected chi connectivity index (χ2v) is 6.86. The Bertz CT molecular complexity index is 952. The zero-order chi connectivity index (χ0) is 18.8. The molecule has 0 unspecified atom stereocenters. The average Bonchev–Trinajstić information content (AvgIpc) is 2.58. The third-order valence-electron chi connectivity index (χ3n) is 4.07. The molecule has 0 aliphatic carbocycles. The van der Waals surface area contributed by atoms with E-state index in [2.05, 4.69) is 20.8 Å². The van der Waals surface area contributed by atoms with Gasteiger partial charge in [-0.15, -0.1) is 0 Å². The molecule has 1 aromatic heterocycles. The molecule has 0 atom stereocenters. The smallest absolute Gasteiger partial charge is 0.299 e. The second kappa shape index (κ2) is 6.89. The minimum absolute atomic E-state index is 0.0332. The van der Waals surface area contributed by atoms with Crippen LogP contribution in [-0.2, 0) is 18.5 Å². The van der Waals surface area contributed by atoms with Crippen LogP contribution >= 0.6 is 0 Å². The van der Waals surface area contributed by atoms with Gasteiger partial charge in [-0.2, -0.15) is 5.26 Å². The number of aromatic nitrogens is 2. The zero-order valence-electron chi connectivity index (χ0n) is 14.9. The Labute approximate surface area is 146 Å². The van der Waals surface area contributed by atoms with Crippen LogP contribution in [0.25, 0.3) is 0 Å². The van der Waals surface area contributed by atoms with Crippen molar-refractivity contribution in [2.75, 3.05) is 0 Å². The molecule has 0 spiro atoms. The Morgan fingerprint density at radius 2 is 1.76 bits per heavy atom. The molecule has 1 aromatic carbocycles. The molecule has 25 heavy (non-hydrogen) atoms. The lowest BCUT2D eigenvalue weighted by Gasteiger charge is -2.19. The first kappa shape index (κ1) is 18.4. The van der Waals surface area contributed by atoms with Crippen molar-refractivity contribution in [1.29, 1.82) is 5.26 Å². The highest BCUT2D eigenvalue weighted by atomic mass is 16.2. The van der Waals surface area contributed by atoms with Gasteiger partial charge in [0.25, 0.3) is 5.56 Å². The van der Waals surface area contributed by atoms with Gasteiger partial charge in [0.05, 0.1) is 6.54 Å². The summed E-state index contributed by atoms with van der Waals surface area (Å²) in [6.07, 6.45) is 1.23. The number of nitriles is 1. The fraction of sp³-hybridized carbons (Fsp3) is 0.368. The predicted octanol–water partition coefficient (Wildman–Crippen LogP) is 2.08. The Morgan fingerprint density at radius 3 is 2.24 bits per heavy atom. The van der Waals surface area contributed by atoms with Crippen molar-refractivity contribution in [2.45, 2.75) is 46.2 Å². The fourth-order valence-electron chi connectivity index (χ4n) is 2.49. The number of rotatable bonds is 4. The van der Waals surface area contributed by atoms with Gasteiger partial charge in [-0.25, -0.2) is 4.79 Å². The van der Waals surface area contributed by atoms with Crippen LogP contribution in [0.2, 0.25) is 0 Å². The van der Waals surface area contributed by atoms with E-state index in [9.17, 15) is 14.4 Å². The predicted molar refractivity (Wildman–Crippen MR) is 94.8 cm³/mol. The largest absolute Gasteiger partial charge is 0.331 e. The minimum atomic E-state index is -0.739. The molecular weight excluding hydrogens is 318 g/mol. The standard InChI is InChI=1S/C19H21N3O3/c1-5-21-11-14(10-20)17(24)22(18(21)25)12-16(23)13-6-8-15(9-7-13)19(2,3)4/h6-9,11H,5,12H2,1-4H3. The molecule has 0 saturated heterocycles. The number of hydrogen-bond acceptors (Lipinski definition) is 4. The first-order chi connectivity index (χ1) is 11.7. The zero-order valence-corrected chi connectivity index (χ0v) is 14.9. The van der Waals surface area contributed by atoms with Crippen LogP contribution in [0.1, 0.15) is 49.2 Å². The van der Waals surface area contributed by atoms with Crippen molar-refractivity contribution in [3.63, 3.8) is 0 Å². The second-order valence-electron chi connectivity index (χ2n) is 6.86. The molecule has 0 aliphatic rings. The van der Waals surface area contributed by atoms with Crippen LogP contribution in [0.5, 0.6) is 0 Å². The highest BCUT2D eigenvalue weighted by Crippen LogP contribution is 2.22. The molecular formula is C19H21N3O3. The Balaban J connectivity index is 2.40. The van der Waals surface area contributed by atoms with E-state index in [1.54, 1.807) is 25.1 Å². The summed E-state index contributed by atoms with van der Waals surface area (Å²) in [4.78, 5) is 37.0. The summed E-state index contributed by atoms with van der Waals surface area (Å²) in [5, 5.41) is 9.05. The van der Waals surface area contributed by atoms with Crippen molar-refractivity contribution in [1.82, 2.24) is 9.13 Å². The monoisotopic (exact) mass is 339 g/mol. The lowest BCUT2D eigenvalue weighted by atomic mass is 9.86. The Hall–Kier alpha value is -2.94. The van der Waals surface area contributed by atoms with E-state index in [0.717, 1.165) is 10.1 Å². The summed E-state index contributed by atoms with van der Waals surface area (Å²) in [6.45, 7) is 7.87. The van der Waals surface area contributed by atoms with Gasteiger partial charge in [-0.3, -0.25) is 18.7 Å². The van der Waals surface area contributed by atoms with Crippen molar-refractivity contribution < 1.29 is 4.79 Å². The first-order valence-electron chi connectivity index (χ1n) is 8.07. The first-order valence-corrected chi connectivity index (χ1v) is 8.07. The van der Waals surface area contributed by atoms with E-state index in [-0.39, 0.29) is 23.3 Å². The third-order valence-corrected chi connectivity index (χ3v) is 4.07. The van der Waals surface area contributed by atoms with Crippen molar-refractivity contribution in [3.05, 3.63) is 68.0 Å². The third kappa shape index (κ3) is 3.77. The van der Waals surface area contributed by atoms with Crippen molar-refractivity contribution in [3.8, 4) is 6.07 Å². The maximum Gasteiger partial charge on any atom is 0.331 e. The minimum Gasteiger partial charge on any atom is -0.299 e. The van der Waals surface area contributed by atoms with Gasteiger partial charge in [0.1, 0.15) is 11.6 Å². The molecule has 0 aliphatic heterocycles. The van der Waals surface area contributed by atoms with Gasteiger partial charge in [-0.05, 0) is 17.9 Å². The molecule has 0 amide bonds. The van der Waals surface area contributed by atoms with Crippen molar-refractivity contribution >= 4 is 5.78 Å². The molecule has 0 saturated carbocycles. The summed E-state index contributed by atoms with van der Waals surface area (Å²) in [5.74, 6) is -0.350. The Morgan fingerprint density at radius 1 is 1.16 bits per heavy atom. The van der Waals surface area contributed by atoms with Crippen molar-refractivity contribution in [2.24, 2.45) is 0 Å². The van der Waals surface area contributed by atoms with E-state index >= 15 is 0 Å². The highest BCUT2D eigenvalue weighted by Gasteiger charge is 2.17. The summed E-state index contributed by atoms with van der Waals surface area (Å²) in [6, 6.07) is 8.89. The molecule has 0 radical (unpaired) electrons. The molecule has 0 fully saturated rings. The van der Waals surface area contributed by atoms with E-state index in [0.29, 0.717) is 12.1 Å². The molecule has 2 aromatic rings. The molecule has 6 heteroatoms. The van der Waals surface area contributed by atoms with Crippen LogP contribution in [0.15, 0.2) is 40.1 Å². The molecule has 0 N–H and O–H groups in total. The van der Waals surface area contributed by atoms with Crippen LogP contribution in [0.4, 0.5) is 0 Å². The Kier molecular flexibility index (Phi) is 5.07. The molecule has 2 rings (SSSR count). The number of aryl methyl sites for hydroxylation is 1. The molecule has 1 heterocycles. The van der Waals surface area contributed by atoms with Crippen LogP contribution < -0.4 is 11.2 Å². The maximum absolute atomic E-state index is 12.5. The lowest BCUT2D eigenvalue weighted by molar-refractivity contribution is 0.0968. The number of carbonyl (C=O) groups excluding carboxylic acids is 1. The van der Waals surface area contributed by atoms with Crippen LogP contribution in [0.3, 0.4) is 0 Å². The number of ketones is 1. The van der Waals surface area contributed by atoms with Gasteiger partial charge < -0.3 is 0 Å². The van der Waals surface area contributed by atoms with Gasteiger partial charge in [0.15, 0.2) is 5.78 Å². The molecule has 130 valence electrons. The highest BCUT2D eigenvalue weighted by molar-refractivity contribution is 5.95. The molecule has 0 bridgehead atoms. The van der Waals surface area contributed by atoms with Gasteiger partial charge in [0.2, 0.25) is 0 Å². The number of nitrogens with zero attached hydrogens (tertiary/aromatic N) is 3. The number of benzene rings is 1. The van der Waals surface area contributed by atoms with E-state index in [1.807, 2.05) is 12.1 Å². The lowest BCUT2D eigenvalue weighted by Crippen LogP contribution is -2.42. The summed E-state index contributed by atoms with van der Waals surface area (Å²) >= 11 is 0. The van der Waals surface area contributed by atoms with E-state index < -0.39 is 11.2 Å². The number of hydrogen-bond donors (Lipinski definition) is 0. The topological polar surface area (TPSA) is 84.9 Å². The maximum atomic E-state index is 12.5. The van der Waals surface area contributed by atoms with Crippen LogP contribution in [0, 0.1) is 11.3 Å². The fourth-order valence-corrected chi connectivity index (χ4v) is 2.49. The summed E-state index contributed by atoms with van der Waals surface area (Å²) in [7, 11) is 0.